The van der Waals surface area contributed by atoms with E-state index in [0.717, 1.165) is 16.7 Å². The highest BCUT2D eigenvalue weighted by Crippen LogP contribution is 2.29. The quantitative estimate of drug-likeness (QED) is 0.387. The summed E-state index contributed by atoms with van der Waals surface area (Å²) in [5.41, 5.74) is 4.36. The highest BCUT2D eigenvalue weighted by Gasteiger charge is 2.23. The molecule has 1 heterocycles. The SMILES string of the molecule is COc1ccc(N(Cc2ccccc2-c2ccccc2)C(=O)c2ccccc2OC)cn1. The second-order valence-corrected chi connectivity index (χ2v) is 7.17. The Morgan fingerprint density at radius 2 is 1.53 bits per heavy atom. The van der Waals surface area contributed by atoms with Gasteiger partial charge in [0.25, 0.3) is 5.91 Å². The number of methoxy groups -OCH3 is 2. The van der Waals surface area contributed by atoms with Crippen molar-refractivity contribution in [3.05, 3.63) is 108 Å². The van der Waals surface area contributed by atoms with Crippen LogP contribution in [0.25, 0.3) is 11.1 Å². The van der Waals surface area contributed by atoms with E-state index in [1.165, 1.54) is 0 Å². The fourth-order valence-electron chi connectivity index (χ4n) is 3.63. The first-order chi connectivity index (χ1) is 15.7. The first kappa shape index (κ1) is 21.1. The van der Waals surface area contributed by atoms with E-state index >= 15 is 0 Å². The molecule has 0 saturated carbocycles. The maximum atomic E-state index is 13.7. The van der Waals surface area contributed by atoms with Gasteiger partial charge in [0.2, 0.25) is 5.88 Å². The lowest BCUT2D eigenvalue weighted by Crippen LogP contribution is -2.31. The van der Waals surface area contributed by atoms with Crippen molar-refractivity contribution in [2.45, 2.75) is 6.54 Å². The number of para-hydroxylation sites is 1. The van der Waals surface area contributed by atoms with E-state index in [1.807, 2.05) is 54.6 Å². The van der Waals surface area contributed by atoms with Crippen LogP contribution in [0.15, 0.2) is 97.2 Å². The van der Waals surface area contributed by atoms with Crippen LogP contribution in [0.5, 0.6) is 11.6 Å². The average Bonchev–Trinajstić information content (AvgIpc) is 2.87. The Bertz CT molecular complexity index is 1190. The molecule has 160 valence electrons. The van der Waals surface area contributed by atoms with Crippen molar-refractivity contribution in [1.82, 2.24) is 4.98 Å². The maximum absolute atomic E-state index is 13.7. The number of ether oxygens (including phenoxy) is 2. The highest BCUT2D eigenvalue weighted by atomic mass is 16.5. The van der Waals surface area contributed by atoms with Crippen molar-refractivity contribution in [2.75, 3.05) is 19.1 Å². The Morgan fingerprint density at radius 1 is 0.812 bits per heavy atom. The summed E-state index contributed by atoms with van der Waals surface area (Å²) in [6, 6.07) is 29.1. The molecule has 3 aromatic carbocycles. The van der Waals surface area contributed by atoms with Gasteiger partial charge in [-0.3, -0.25) is 4.79 Å². The van der Waals surface area contributed by atoms with Gasteiger partial charge in [0.15, 0.2) is 0 Å². The van der Waals surface area contributed by atoms with Crippen LogP contribution in [0.1, 0.15) is 15.9 Å². The van der Waals surface area contributed by atoms with Gasteiger partial charge in [0.05, 0.1) is 38.2 Å². The van der Waals surface area contributed by atoms with Crippen LogP contribution in [-0.2, 0) is 6.54 Å². The second kappa shape index (κ2) is 9.79. The number of hydrogen-bond acceptors (Lipinski definition) is 4. The van der Waals surface area contributed by atoms with E-state index < -0.39 is 0 Å². The van der Waals surface area contributed by atoms with Crippen molar-refractivity contribution in [2.24, 2.45) is 0 Å². The third-order valence-electron chi connectivity index (χ3n) is 5.25. The molecule has 1 aromatic heterocycles. The molecule has 4 aromatic rings. The molecule has 0 radical (unpaired) electrons. The Balaban J connectivity index is 1.78. The smallest absolute Gasteiger partial charge is 0.262 e. The van der Waals surface area contributed by atoms with Crippen LogP contribution >= 0.6 is 0 Å². The first-order valence-corrected chi connectivity index (χ1v) is 10.3. The fraction of sp³-hybridized carbons (Fsp3) is 0.111. The number of pyridine rings is 1. The molecule has 5 nitrogen and oxygen atoms in total. The second-order valence-electron chi connectivity index (χ2n) is 7.17. The van der Waals surface area contributed by atoms with Gasteiger partial charge < -0.3 is 14.4 Å². The fourth-order valence-corrected chi connectivity index (χ4v) is 3.63. The molecule has 0 N–H and O–H groups in total. The molecule has 32 heavy (non-hydrogen) atoms. The topological polar surface area (TPSA) is 51.7 Å². The van der Waals surface area contributed by atoms with Gasteiger partial charge in [-0.25, -0.2) is 4.98 Å². The Hall–Kier alpha value is -4.12. The van der Waals surface area contributed by atoms with Crippen molar-refractivity contribution >= 4 is 11.6 Å². The van der Waals surface area contributed by atoms with Crippen molar-refractivity contribution in [1.29, 1.82) is 0 Å². The van der Waals surface area contributed by atoms with Crippen LogP contribution in [0.3, 0.4) is 0 Å². The van der Waals surface area contributed by atoms with E-state index in [9.17, 15) is 4.79 Å². The average molecular weight is 425 g/mol. The minimum Gasteiger partial charge on any atom is -0.496 e. The number of amides is 1. The minimum atomic E-state index is -0.169. The number of rotatable bonds is 7. The number of aromatic nitrogens is 1. The number of benzene rings is 3. The Labute approximate surface area is 187 Å². The normalized spacial score (nSPS) is 10.4. The molecule has 0 spiro atoms. The maximum Gasteiger partial charge on any atom is 0.262 e. The van der Waals surface area contributed by atoms with Crippen LogP contribution in [0, 0.1) is 0 Å². The third kappa shape index (κ3) is 4.47. The number of carbonyl (C=O) groups is 1. The standard InChI is InChI=1S/C27H24N2O3/c1-31-25-15-9-8-14-24(25)27(30)29(22-16-17-26(32-2)28-18-22)19-21-12-6-7-13-23(21)20-10-4-3-5-11-20/h3-18H,19H2,1-2H3. The summed E-state index contributed by atoms with van der Waals surface area (Å²) in [7, 11) is 3.13. The van der Waals surface area contributed by atoms with Crippen molar-refractivity contribution in [3.63, 3.8) is 0 Å². The molecule has 0 aliphatic rings. The largest absolute Gasteiger partial charge is 0.496 e. The van der Waals surface area contributed by atoms with Crippen LogP contribution in [0.2, 0.25) is 0 Å². The summed E-state index contributed by atoms with van der Waals surface area (Å²) in [5, 5.41) is 0. The van der Waals surface area contributed by atoms with Crippen LogP contribution < -0.4 is 14.4 Å². The molecule has 0 bridgehead atoms. The van der Waals surface area contributed by atoms with E-state index in [0.29, 0.717) is 29.4 Å². The zero-order valence-electron chi connectivity index (χ0n) is 18.1. The molecular weight excluding hydrogens is 400 g/mol. The third-order valence-corrected chi connectivity index (χ3v) is 5.25. The lowest BCUT2D eigenvalue weighted by Gasteiger charge is -2.25. The molecule has 5 heteroatoms. The summed E-state index contributed by atoms with van der Waals surface area (Å²) in [5.74, 6) is 0.848. The van der Waals surface area contributed by atoms with Gasteiger partial charge in [-0.2, -0.15) is 0 Å². The molecule has 0 aliphatic heterocycles. The van der Waals surface area contributed by atoms with E-state index in [2.05, 4.69) is 23.2 Å². The molecule has 0 saturated heterocycles. The van der Waals surface area contributed by atoms with Gasteiger partial charge in [-0.1, -0.05) is 66.7 Å². The lowest BCUT2D eigenvalue weighted by molar-refractivity contribution is 0.0982. The number of carbonyl (C=O) groups excluding carboxylic acids is 1. The number of nitrogens with zero attached hydrogens (tertiary/aromatic N) is 2. The number of hydrogen-bond donors (Lipinski definition) is 0. The monoisotopic (exact) mass is 424 g/mol. The molecule has 0 aliphatic carbocycles. The van der Waals surface area contributed by atoms with Crippen molar-refractivity contribution < 1.29 is 14.3 Å². The van der Waals surface area contributed by atoms with Crippen LogP contribution in [0.4, 0.5) is 5.69 Å². The minimum absolute atomic E-state index is 0.169. The molecule has 1 amide bonds. The molecule has 0 unspecified atom stereocenters. The van der Waals surface area contributed by atoms with Gasteiger partial charge in [-0.15, -0.1) is 0 Å². The van der Waals surface area contributed by atoms with Crippen molar-refractivity contribution in [3.8, 4) is 22.8 Å². The first-order valence-electron chi connectivity index (χ1n) is 10.3. The Kier molecular flexibility index (Phi) is 6.46. The number of anilines is 1. The summed E-state index contributed by atoms with van der Waals surface area (Å²) >= 11 is 0. The van der Waals surface area contributed by atoms with E-state index in [1.54, 1.807) is 43.5 Å². The van der Waals surface area contributed by atoms with E-state index in [-0.39, 0.29) is 5.91 Å². The molecule has 0 atom stereocenters. The zero-order valence-corrected chi connectivity index (χ0v) is 18.1. The van der Waals surface area contributed by atoms with Gasteiger partial charge >= 0.3 is 0 Å². The van der Waals surface area contributed by atoms with E-state index in [4.69, 9.17) is 9.47 Å². The van der Waals surface area contributed by atoms with Gasteiger partial charge in [0, 0.05) is 6.07 Å². The van der Waals surface area contributed by atoms with Gasteiger partial charge in [-0.05, 0) is 34.9 Å². The van der Waals surface area contributed by atoms with Gasteiger partial charge in [0.1, 0.15) is 5.75 Å². The summed E-state index contributed by atoms with van der Waals surface area (Å²) < 4.78 is 10.6. The summed E-state index contributed by atoms with van der Waals surface area (Å²) in [6.07, 6.45) is 1.65. The summed E-state index contributed by atoms with van der Waals surface area (Å²) in [6.45, 7) is 0.371. The molecule has 4 rings (SSSR count). The zero-order chi connectivity index (χ0) is 22.3. The molecule has 0 fully saturated rings. The predicted octanol–water partition coefficient (Wildman–Crippen LogP) is 5.61. The Morgan fingerprint density at radius 3 is 2.25 bits per heavy atom. The molecular formula is C27H24N2O3. The summed E-state index contributed by atoms with van der Waals surface area (Å²) in [4.78, 5) is 19.7. The highest BCUT2D eigenvalue weighted by molar-refractivity contribution is 6.07. The predicted molar refractivity (Wildman–Crippen MR) is 126 cm³/mol. The van der Waals surface area contributed by atoms with Crippen LogP contribution in [-0.4, -0.2) is 25.1 Å². The lowest BCUT2D eigenvalue weighted by atomic mass is 9.99.